The standard InChI is InChI=1S/C24H15Br2FN2O4/c25-17-5-13(6-18(26)23(17)30-10-12-1-3-14(27)4-2-12)22-15-7-20-21(32-11-31-20)8-19(15)33-24(29)16(22)9-28/h1-8,22H,10-11,29H2/t22-/m1/s1. The van der Waals surface area contributed by atoms with E-state index in [2.05, 4.69) is 37.9 Å². The number of hydrogen-bond donors (Lipinski definition) is 1. The monoisotopic (exact) mass is 572 g/mol. The molecule has 0 saturated carbocycles. The van der Waals surface area contributed by atoms with Gasteiger partial charge in [0, 0.05) is 11.6 Å². The van der Waals surface area contributed by atoms with Gasteiger partial charge in [-0.3, -0.25) is 0 Å². The molecule has 2 heterocycles. The molecule has 0 fully saturated rings. The van der Waals surface area contributed by atoms with Gasteiger partial charge >= 0.3 is 0 Å². The Morgan fingerprint density at radius 1 is 1.03 bits per heavy atom. The Bertz CT molecular complexity index is 1310. The molecule has 3 aromatic carbocycles. The summed E-state index contributed by atoms with van der Waals surface area (Å²) in [5.74, 6) is 1.49. The van der Waals surface area contributed by atoms with Crippen molar-refractivity contribution in [3.05, 3.63) is 91.4 Å². The van der Waals surface area contributed by atoms with Crippen LogP contribution in [-0.2, 0) is 6.61 Å². The van der Waals surface area contributed by atoms with Gasteiger partial charge in [0.05, 0.1) is 14.9 Å². The molecule has 6 nitrogen and oxygen atoms in total. The molecule has 33 heavy (non-hydrogen) atoms. The summed E-state index contributed by atoms with van der Waals surface area (Å²) in [5.41, 5.74) is 8.75. The maximum Gasteiger partial charge on any atom is 0.231 e. The van der Waals surface area contributed by atoms with Crippen LogP contribution < -0.4 is 24.7 Å². The number of rotatable bonds is 4. The predicted molar refractivity (Wildman–Crippen MR) is 124 cm³/mol. The summed E-state index contributed by atoms with van der Waals surface area (Å²) in [6.07, 6.45) is 0. The summed E-state index contributed by atoms with van der Waals surface area (Å²) in [6, 6.07) is 15.6. The van der Waals surface area contributed by atoms with E-state index in [0.717, 1.165) is 16.7 Å². The molecular formula is C24H15Br2FN2O4. The number of hydrogen-bond acceptors (Lipinski definition) is 6. The van der Waals surface area contributed by atoms with Crippen LogP contribution in [0, 0.1) is 17.1 Å². The van der Waals surface area contributed by atoms with E-state index in [1.807, 2.05) is 18.2 Å². The van der Waals surface area contributed by atoms with Crippen LogP contribution in [0.2, 0.25) is 0 Å². The van der Waals surface area contributed by atoms with Gasteiger partial charge in [-0.05, 0) is 73.3 Å². The smallest absolute Gasteiger partial charge is 0.231 e. The second kappa shape index (κ2) is 8.61. The molecule has 2 aliphatic heterocycles. The summed E-state index contributed by atoms with van der Waals surface area (Å²) in [5, 5.41) is 9.84. The quantitative estimate of drug-likeness (QED) is 0.419. The zero-order valence-corrected chi connectivity index (χ0v) is 20.1. The minimum atomic E-state index is -0.480. The van der Waals surface area contributed by atoms with Gasteiger partial charge in [-0.15, -0.1) is 0 Å². The average Bonchev–Trinajstić information content (AvgIpc) is 3.24. The molecule has 0 saturated heterocycles. The minimum Gasteiger partial charge on any atom is -0.487 e. The SMILES string of the molecule is N#CC1=C(N)Oc2cc3c(cc2[C@H]1c1cc(Br)c(OCc2ccc(F)cc2)c(Br)c1)OCO3. The zero-order chi connectivity index (χ0) is 23.1. The minimum absolute atomic E-state index is 0.0396. The molecule has 2 N–H and O–H groups in total. The third kappa shape index (κ3) is 4.01. The maximum atomic E-state index is 13.2. The van der Waals surface area contributed by atoms with Crippen molar-refractivity contribution in [3.8, 4) is 29.1 Å². The zero-order valence-electron chi connectivity index (χ0n) is 16.9. The number of nitriles is 1. The Morgan fingerprint density at radius 3 is 2.36 bits per heavy atom. The predicted octanol–water partition coefficient (Wildman–Crippen LogP) is 5.88. The number of ether oxygens (including phenoxy) is 4. The molecule has 0 bridgehead atoms. The van der Waals surface area contributed by atoms with E-state index in [1.54, 1.807) is 18.2 Å². The van der Waals surface area contributed by atoms with E-state index in [0.29, 0.717) is 37.5 Å². The molecule has 0 amide bonds. The molecular weight excluding hydrogens is 559 g/mol. The van der Waals surface area contributed by atoms with Gasteiger partial charge in [0.15, 0.2) is 11.5 Å². The molecule has 9 heteroatoms. The summed E-state index contributed by atoms with van der Waals surface area (Å²) >= 11 is 7.15. The van der Waals surface area contributed by atoms with Crippen molar-refractivity contribution in [1.82, 2.24) is 0 Å². The van der Waals surface area contributed by atoms with Crippen molar-refractivity contribution < 1.29 is 23.3 Å². The molecule has 5 rings (SSSR count). The molecule has 0 spiro atoms. The molecule has 0 aliphatic carbocycles. The number of allylic oxidation sites excluding steroid dienone is 1. The second-order valence-corrected chi connectivity index (χ2v) is 9.11. The van der Waals surface area contributed by atoms with E-state index in [4.69, 9.17) is 24.7 Å². The average molecular weight is 574 g/mol. The van der Waals surface area contributed by atoms with E-state index < -0.39 is 5.92 Å². The summed E-state index contributed by atoms with van der Waals surface area (Å²) in [6.45, 7) is 0.380. The first-order valence-corrected chi connectivity index (χ1v) is 11.4. The highest BCUT2D eigenvalue weighted by Gasteiger charge is 2.34. The lowest BCUT2D eigenvalue weighted by Gasteiger charge is -2.27. The molecule has 0 unspecified atom stereocenters. The van der Waals surface area contributed by atoms with Crippen molar-refractivity contribution in [3.63, 3.8) is 0 Å². The summed E-state index contributed by atoms with van der Waals surface area (Å²) < 4.78 is 37.2. The second-order valence-electron chi connectivity index (χ2n) is 7.40. The number of nitrogens with two attached hydrogens (primary N) is 1. The Hall–Kier alpha value is -3.22. The molecule has 0 radical (unpaired) electrons. The highest BCUT2D eigenvalue weighted by Crippen LogP contribution is 2.49. The lowest BCUT2D eigenvalue weighted by atomic mass is 9.83. The number of benzene rings is 3. The van der Waals surface area contributed by atoms with Crippen LogP contribution in [0.5, 0.6) is 23.0 Å². The van der Waals surface area contributed by atoms with Crippen LogP contribution in [0.25, 0.3) is 0 Å². The highest BCUT2D eigenvalue weighted by molar-refractivity contribution is 9.11. The molecule has 166 valence electrons. The van der Waals surface area contributed by atoms with Crippen LogP contribution >= 0.6 is 31.9 Å². The molecule has 0 aromatic heterocycles. The van der Waals surface area contributed by atoms with Crippen molar-refractivity contribution in [2.75, 3.05) is 6.79 Å². The van der Waals surface area contributed by atoms with Crippen LogP contribution in [-0.4, -0.2) is 6.79 Å². The van der Waals surface area contributed by atoms with Gasteiger partial charge in [0.2, 0.25) is 12.7 Å². The van der Waals surface area contributed by atoms with Crippen molar-refractivity contribution >= 4 is 31.9 Å². The first-order valence-electron chi connectivity index (χ1n) is 9.82. The van der Waals surface area contributed by atoms with Gasteiger partial charge in [-0.25, -0.2) is 4.39 Å². The topological polar surface area (TPSA) is 86.7 Å². The van der Waals surface area contributed by atoms with Gasteiger partial charge in [-0.1, -0.05) is 12.1 Å². The number of fused-ring (bicyclic) bond motifs is 2. The first kappa shape index (κ1) is 21.6. The van der Waals surface area contributed by atoms with Crippen molar-refractivity contribution in [2.24, 2.45) is 5.73 Å². The summed E-state index contributed by atoms with van der Waals surface area (Å²) in [4.78, 5) is 0. The van der Waals surface area contributed by atoms with Crippen LogP contribution in [0.1, 0.15) is 22.6 Å². The Kier molecular flexibility index (Phi) is 5.64. The normalized spacial score (nSPS) is 16.1. The molecule has 3 aromatic rings. The van der Waals surface area contributed by atoms with Crippen LogP contribution in [0.3, 0.4) is 0 Å². The lowest BCUT2D eigenvalue weighted by molar-refractivity contribution is 0.174. The Morgan fingerprint density at radius 2 is 1.70 bits per heavy atom. The lowest BCUT2D eigenvalue weighted by Crippen LogP contribution is -2.21. The number of nitrogens with zero attached hydrogens (tertiary/aromatic N) is 1. The van der Waals surface area contributed by atoms with E-state index in [-0.39, 0.29) is 25.1 Å². The fourth-order valence-electron chi connectivity index (χ4n) is 3.81. The molecule has 1 atom stereocenters. The van der Waals surface area contributed by atoms with Gasteiger partial charge in [-0.2, -0.15) is 5.26 Å². The highest BCUT2D eigenvalue weighted by atomic mass is 79.9. The Labute approximate surface area is 205 Å². The van der Waals surface area contributed by atoms with Crippen molar-refractivity contribution in [1.29, 1.82) is 5.26 Å². The van der Waals surface area contributed by atoms with E-state index in [1.165, 1.54) is 12.1 Å². The fourth-order valence-corrected chi connectivity index (χ4v) is 5.26. The third-order valence-corrected chi connectivity index (χ3v) is 6.54. The van der Waals surface area contributed by atoms with E-state index >= 15 is 0 Å². The van der Waals surface area contributed by atoms with Crippen LogP contribution in [0.15, 0.2) is 68.9 Å². The van der Waals surface area contributed by atoms with Gasteiger partial charge < -0.3 is 24.7 Å². The summed E-state index contributed by atoms with van der Waals surface area (Å²) in [7, 11) is 0. The largest absolute Gasteiger partial charge is 0.487 e. The maximum absolute atomic E-state index is 13.2. The van der Waals surface area contributed by atoms with Gasteiger partial charge in [0.25, 0.3) is 0 Å². The van der Waals surface area contributed by atoms with Gasteiger partial charge in [0.1, 0.15) is 35.6 Å². The van der Waals surface area contributed by atoms with Crippen LogP contribution in [0.4, 0.5) is 4.39 Å². The number of halogens is 3. The van der Waals surface area contributed by atoms with Crippen molar-refractivity contribution in [2.45, 2.75) is 12.5 Å². The molecule has 2 aliphatic rings. The third-order valence-electron chi connectivity index (χ3n) is 5.36. The van der Waals surface area contributed by atoms with E-state index in [9.17, 15) is 9.65 Å². The Balaban J connectivity index is 1.52. The fraction of sp³-hybridized carbons (Fsp3) is 0.125. The first-order chi connectivity index (χ1) is 15.9.